The summed E-state index contributed by atoms with van der Waals surface area (Å²) in [6.45, 7) is 7.02. The number of likely N-dealkylation sites (tertiary alicyclic amines) is 2. The van der Waals surface area contributed by atoms with Gasteiger partial charge in [-0.05, 0) is 54.7 Å². The van der Waals surface area contributed by atoms with Gasteiger partial charge in [0.05, 0.1) is 26.2 Å². The molecule has 0 N–H and O–H groups in total. The summed E-state index contributed by atoms with van der Waals surface area (Å²) in [6, 6.07) is 27.2. The van der Waals surface area contributed by atoms with Crippen LogP contribution in [-0.2, 0) is 6.54 Å². The normalized spacial score (nSPS) is 16.9. The fourth-order valence-electron chi connectivity index (χ4n) is 5.81. The minimum absolute atomic E-state index is 0.149. The third-order valence-electron chi connectivity index (χ3n) is 8.05. The Labute approximate surface area is 221 Å². The number of nitrogens with zero attached hydrogens (tertiary/aromatic N) is 3. The molecule has 0 aromatic heterocycles. The van der Waals surface area contributed by atoms with E-state index in [0.717, 1.165) is 72.5 Å². The molecule has 0 atom stereocenters. The number of hydrogen-bond donors (Lipinski definition) is 0. The molecule has 0 unspecified atom stereocenters. The molecule has 2 aliphatic heterocycles. The van der Waals surface area contributed by atoms with Crippen LogP contribution in [0.4, 0.5) is 0 Å². The van der Waals surface area contributed by atoms with E-state index >= 15 is 0 Å². The number of quaternary nitrogens is 1. The van der Waals surface area contributed by atoms with Crippen LogP contribution in [0.15, 0.2) is 78.9 Å². The molecule has 0 radical (unpaired) electrons. The van der Waals surface area contributed by atoms with E-state index in [-0.39, 0.29) is 5.91 Å². The summed E-state index contributed by atoms with van der Waals surface area (Å²) < 4.78 is 7.14. The third-order valence-corrected chi connectivity index (χ3v) is 8.05. The molecule has 2 aliphatic rings. The summed E-state index contributed by atoms with van der Waals surface area (Å²) >= 11 is 0. The number of benzene rings is 3. The Bertz CT molecular complexity index is 1130. The molecule has 3 aromatic carbocycles. The highest BCUT2D eigenvalue weighted by Crippen LogP contribution is 2.27. The van der Waals surface area contributed by atoms with Gasteiger partial charge in [-0.2, -0.15) is 5.01 Å². The van der Waals surface area contributed by atoms with Gasteiger partial charge in [-0.3, -0.25) is 4.79 Å². The zero-order valence-corrected chi connectivity index (χ0v) is 22.1. The van der Waals surface area contributed by atoms with E-state index < -0.39 is 0 Å². The van der Waals surface area contributed by atoms with Crippen LogP contribution in [0.2, 0.25) is 0 Å². The van der Waals surface area contributed by atoms with Crippen molar-refractivity contribution in [1.29, 1.82) is 0 Å². The molecule has 5 nitrogen and oxygen atoms in total. The summed E-state index contributed by atoms with van der Waals surface area (Å²) in [4.78, 5) is 14.5. The predicted octanol–water partition coefficient (Wildman–Crippen LogP) is 6.02. The fourth-order valence-corrected chi connectivity index (χ4v) is 5.81. The van der Waals surface area contributed by atoms with E-state index in [1.165, 1.54) is 31.5 Å². The minimum atomic E-state index is 0.149. The maximum Gasteiger partial charge on any atom is 0.253 e. The third kappa shape index (κ3) is 6.23. The quantitative estimate of drug-likeness (QED) is 0.253. The predicted molar refractivity (Wildman–Crippen MR) is 149 cm³/mol. The molecule has 194 valence electrons. The van der Waals surface area contributed by atoms with Crippen molar-refractivity contribution in [3.8, 4) is 16.9 Å². The average molecular weight is 499 g/mol. The molecule has 0 saturated carbocycles. The van der Waals surface area contributed by atoms with Gasteiger partial charge < -0.3 is 9.64 Å². The number of carbonyl (C=O) groups is 1. The van der Waals surface area contributed by atoms with Crippen LogP contribution in [0.1, 0.15) is 48.0 Å². The first kappa shape index (κ1) is 25.5. The second-order valence-electron chi connectivity index (χ2n) is 10.6. The molecule has 37 heavy (non-hydrogen) atoms. The number of ether oxygens (including phenoxy) is 1. The minimum Gasteiger partial charge on any atom is -0.494 e. The lowest BCUT2D eigenvalue weighted by atomic mass is 10.0. The van der Waals surface area contributed by atoms with E-state index in [4.69, 9.17) is 4.74 Å². The lowest BCUT2D eigenvalue weighted by Crippen LogP contribution is -2.56. The standard InChI is InChI=1S/C32H40N3O2/c1-33(35(23-7-8-24-35)26-27-10-3-2-4-11-27)20-9-25-37-31-18-16-29(17-19-31)28-12-14-30(15-13-28)32(36)34-21-5-6-22-34/h2-4,10-19H,5-9,20-26H2,1H3/q+1. The molecular weight excluding hydrogens is 458 g/mol. The first-order valence-corrected chi connectivity index (χ1v) is 13.9. The number of carbonyl (C=O) groups excluding carboxylic acids is 1. The number of hydrogen-bond acceptors (Lipinski definition) is 3. The van der Waals surface area contributed by atoms with Crippen LogP contribution in [-0.4, -0.2) is 66.8 Å². The maximum absolute atomic E-state index is 12.6. The second-order valence-corrected chi connectivity index (χ2v) is 10.6. The molecule has 0 bridgehead atoms. The highest BCUT2D eigenvalue weighted by atomic mass is 16.5. The Morgan fingerprint density at radius 1 is 0.838 bits per heavy atom. The highest BCUT2D eigenvalue weighted by molar-refractivity contribution is 5.94. The Morgan fingerprint density at radius 3 is 2.11 bits per heavy atom. The van der Waals surface area contributed by atoms with E-state index in [0.29, 0.717) is 6.61 Å². The monoisotopic (exact) mass is 498 g/mol. The van der Waals surface area contributed by atoms with Crippen molar-refractivity contribution in [2.45, 2.75) is 38.6 Å². The van der Waals surface area contributed by atoms with Gasteiger partial charge in [-0.25, -0.2) is 4.59 Å². The molecule has 2 fully saturated rings. The molecule has 3 aromatic rings. The van der Waals surface area contributed by atoms with Crippen LogP contribution in [0, 0.1) is 0 Å². The molecule has 0 spiro atoms. The first-order valence-electron chi connectivity index (χ1n) is 13.9. The Kier molecular flexibility index (Phi) is 8.22. The molecule has 5 heteroatoms. The maximum atomic E-state index is 12.6. The molecular formula is C32H40N3O2+. The smallest absolute Gasteiger partial charge is 0.253 e. The molecule has 2 saturated heterocycles. The molecule has 1 amide bonds. The Balaban J connectivity index is 1.10. The lowest BCUT2D eigenvalue weighted by Gasteiger charge is -2.41. The average Bonchev–Trinajstić information content (AvgIpc) is 3.65. The van der Waals surface area contributed by atoms with Crippen molar-refractivity contribution in [1.82, 2.24) is 9.91 Å². The molecule has 2 heterocycles. The first-order chi connectivity index (χ1) is 18.1. The summed E-state index contributed by atoms with van der Waals surface area (Å²) in [6.07, 6.45) is 5.83. The number of amides is 1. The lowest BCUT2D eigenvalue weighted by molar-refractivity contribution is -1.03. The van der Waals surface area contributed by atoms with Gasteiger partial charge >= 0.3 is 0 Å². The summed E-state index contributed by atoms with van der Waals surface area (Å²) in [5.74, 6) is 1.05. The van der Waals surface area contributed by atoms with Crippen LogP contribution in [0.3, 0.4) is 0 Å². The zero-order valence-electron chi connectivity index (χ0n) is 22.1. The van der Waals surface area contributed by atoms with Gasteiger partial charge in [0, 0.05) is 44.1 Å². The van der Waals surface area contributed by atoms with Crippen LogP contribution in [0.5, 0.6) is 5.75 Å². The zero-order chi connectivity index (χ0) is 25.5. The van der Waals surface area contributed by atoms with Crippen molar-refractivity contribution < 1.29 is 14.1 Å². The van der Waals surface area contributed by atoms with Gasteiger partial charge in [-0.15, -0.1) is 0 Å². The van der Waals surface area contributed by atoms with Gasteiger partial charge in [-0.1, -0.05) is 54.6 Å². The van der Waals surface area contributed by atoms with Crippen LogP contribution >= 0.6 is 0 Å². The molecule has 0 aliphatic carbocycles. The van der Waals surface area contributed by atoms with Crippen molar-refractivity contribution >= 4 is 5.91 Å². The topological polar surface area (TPSA) is 32.8 Å². The van der Waals surface area contributed by atoms with Gasteiger partial charge in [0.15, 0.2) is 0 Å². The van der Waals surface area contributed by atoms with E-state index in [1.807, 2.05) is 41.3 Å². The molecule has 5 rings (SSSR count). The summed E-state index contributed by atoms with van der Waals surface area (Å²) in [7, 11) is 2.27. The fraction of sp³-hybridized carbons (Fsp3) is 0.406. The van der Waals surface area contributed by atoms with Crippen LogP contribution < -0.4 is 4.74 Å². The van der Waals surface area contributed by atoms with Crippen LogP contribution in [0.25, 0.3) is 11.1 Å². The van der Waals surface area contributed by atoms with Gasteiger partial charge in [0.2, 0.25) is 0 Å². The van der Waals surface area contributed by atoms with E-state index in [9.17, 15) is 4.79 Å². The second kappa shape index (κ2) is 11.9. The van der Waals surface area contributed by atoms with Gasteiger partial charge in [0.1, 0.15) is 12.3 Å². The van der Waals surface area contributed by atoms with Crippen molar-refractivity contribution in [3.63, 3.8) is 0 Å². The SMILES string of the molecule is CN(CCCOc1ccc(-c2ccc(C(=O)N3CCCC3)cc2)cc1)[N+]1(Cc2ccccc2)CCCC1. The Hall–Kier alpha value is -3.15. The van der Waals surface area contributed by atoms with E-state index in [2.05, 4.69) is 54.5 Å². The highest BCUT2D eigenvalue weighted by Gasteiger charge is 2.36. The largest absolute Gasteiger partial charge is 0.494 e. The number of rotatable bonds is 10. The van der Waals surface area contributed by atoms with Crippen molar-refractivity contribution in [3.05, 3.63) is 90.0 Å². The summed E-state index contributed by atoms with van der Waals surface area (Å²) in [5, 5.41) is 2.53. The van der Waals surface area contributed by atoms with Crippen molar-refractivity contribution in [2.24, 2.45) is 0 Å². The van der Waals surface area contributed by atoms with E-state index in [1.54, 1.807) is 0 Å². The summed E-state index contributed by atoms with van der Waals surface area (Å²) in [5.41, 5.74) is 4.44. The van der Waals surface area contributed by atoms with Gasteiger partial charge in [0.25, 0.3) is 5.91 Å². The Morgan fingerprint density at radius 2 is 1.46 bits per heavy atom. The van der Waals surface area contributed by atoms with Crippen molar-refractivity contribution in [2.75, 3.05) is 46.4 Å².